The maximum atomic E-state index is 11.3. The second-order valence-corrected chi connectivity index (χ2v) is 3.16. The predicted molar refractivity (Wildman–Crippen MR) is 48.4 cm³/mol. The van der Waals surface area contributed by atoms with Gasteiger partial charge in [0.25, 0.3) is 5.56 Å². The molecule has 6 heteroatoms. The van der Waals surface area contributed by atoms with Crippen molar-refractivity contribution in [3.8, 4) is 0 Å². The number of aromatic amines is 1. The molecule has 1 aromatic rings. The van der Waals surface area contributed by atoms with E-state index in [9.17, 15) is 9.59 Å². The quantitative estimate of drug-likeness (QED) is 0.519. The molecule has 0 aromatic carbocycles. The summed E-state index contributed by atoms with van der Waals surface area (Å²) >= 11 is 0. The van der Waals surface area contributed by atoms with Crippen LogP contribution in [0.5, 0.6) is 0 Å². The fraction of sp³-hybridized carbons (Fsp3) is 0.429. The Morgan fingerprint density at radius 2 is 1.92 bits per heavy atom. The predicted octanol–water partition coefficient (Wildman–Crippen LogP) is -0.964. The number of hydrogen-bond acceptors (Lipinski definition) is 4. The van der Waals surface area contributed by atoms with E-state index in [0.29, 0.717) is 0 Å². The van der Waals surface area contributed by atoms with Gasteiger partial charge < -0.3 is 11.5 Å². The summed E-state index contributed by atoms with van der Waals surface area (Å²) in [6, 6.07) is 0.117. The van der Waals surface area contributed by atoms with Crippen LogP contribution in [0, 0.1) is 0 Å². The lowest BCUT2D eigenvalue weighted by Crippen LogP contribution is -2.33. The van der Waals surface area contributed by atoms with Crippen LogP contribution < -0.4 is 22.7 Å². The standard InChI is InChI=1S/C7H10N4O2/c8-4-5(9)11(3-1-2-3)7(13)10-6(4)12/h3H,1-2,8-9H2,(H,10,12,13). The Hall–Kier alpha value is -1.72. The lowest BCUT2D eigenvalue weighted by molar-refractivity contribution is 0.689. The summed E-state index contributed by atoms with van der Waals surface area (Å²) in [5.41, 5.74) is 9.77. The highest BCUT2D eigenvalue weighted by atomic mass is 16.2. The molecular formula is C7H10N4O2. The Morgan fingerprint density at radius 3 is 2.46 bits per heavy atom. The van der Waals surface area contributed by atoms with Gasteiger partial charge in [0.05, 0.1) is 0 Å². The third kappa shape index (κ3) is 1.10. The molecule has 0 atom stereocenters. The number of rotatable bonds is 1. The van der Waals surface area contributed by atoms with Crippen LogP contribution in [-0.4, -0.2) is 9.55 Å². The number of nitrogens with two attached hydrogens (primary N) is 2. The molecule has 1 heterocycles. The SMILES string of the molecule is Nc1c(N)n(C2CC2)c(=O)[nH]c1=O. The Labute approximate surface area is 73.2 Å². The van der Waals surface area contributed by atoms with E-state index in [2.05, 4.69) is 4.98 Å². The molecule has 0 amide bonds. The lowest BCUT2D eigenvalue weighted by atomic mass is 10.4. The van der Waals surface area contributed by atoms with E-state index in [1.165, 1.54) is 4.57 Å². The minimum absolute atomic E-state index is 0.0773. The maximum absolute atomic E-state index is 11.3. The van der Waals surface area contributed by atoms with Gasteiger partial charge in [-0.1, -0.05) is 0 Å². The summed E-state index contributed by atoms with van der Waals surface area (Å²) in [6.07, 6.45) is 1.82. The molecule has 70 valence electrons. The first-order valence-corrected chi connectivity index (χ1v) is 4.01. The van der Waals surface area contributed by atoms with Crippen molar-refractivity contribution >= 4 is 11.5 Å². The highest BCUT2D eigenvalue weighted by Gasteiger charge is 2.27. The molecule has 1 aliphatic rings. The summed E-state index contributed by atoms with van der Waals surface area (Å²) in [5.74, 6) is 0.0799. The van der Waals surface area contributed by atoms with Crippen LogP contribution in [0.1, 0.15) is 18.9 Å². The minimum Gasteiger partial charge on any atom is -0.391 e. The van der Waals surface area contributed by atoms with E-state index >= 15 is 0 Å². The van der Waals surface area contributed by atoms with Crippen LogP contribution in [-0.2, 0) is 0 Å². The molecule has 0 unspecified atom stereocenters. The van der Waals surface area contributed by atoms with Crippen LogP contribution in [0.2, 0.25) is 0 Å². The highest BCUT2D eigenvalue weighted by molar-refractivity contribution is 5.56. The topological polar surface area (TPSA) is 107 Å². The summed E-state index contributed by atoms with van der Waals surface area (Å²) in [7, 11) is 0. The minimum atomic E-state index is -0.612. The maximum Gasteiger partial charge on any atom is 0.330 e. The lowest BCUT2D eigenvalue weighted by Gasteiger charge is -2.07. The van der Waals surface area contributed by atoms with Crippen molar-refractivity contribution in [3.63, 3.8) is 0 Å². The first-order chi connectivity index (χ1) is 6.11. The average Bonchev–Trinajstić information content (AvgIpc) is 2.84. The first kappa shape index (κ1) is 7.90. The van der Waals surface area contributed by atoms with Crippen LogP contribution in [0.15, 0.2) is 9.59 Å². The molecule has 1 aliphatic carbocycles. The Balaban J connectivity index is 2.74. The fourth-order valence-corrected chi connectivity index (χ4v) is 1.28. The van der Waals surface area contributed by atoms with Crippen molar-refractivity contribution in [1.82, 2.24) is 9.55 Å². The zero-order chi connectivity index (χ0) is 9.59. The van der Waals surface area contributed by atoms with Crippen LogP contribution in [0.3, 0.4) is 0 Å². The van der Waals surface area contributed by atoms with Gasteiger partial charge in [-0.2, -0.15) is 0 Å². The number of nitrogens with zero attached hydrogens (tertiary/aromatic N) is 1. The molecule has 1 aromatic heterocycles. The molecular weight excluding hydrogens is 172 g/mol. The van der Waals surface area contributed by atoms with Crippen LogP contribution >= 0.6 is 0 Å². The molecule has 0 bridgehead atoms. The van der Waals surface area contributed by atoms with E-state index < -0.39 is 11.2 Å². The monoisotopic (exact) mass is 182 g/mol. The number of hydrogen-bond donors (Lipinski definition) is 3. The van der Waals surface area contributed by atoms with Gasteiger partial charge in [-0.05, 0) is 12.8 Å². The molecule has 0 saturated heterocycles. The van der Waals surface area contributed by atoms with Crippen LogP contribution in [0.25, 0.3) is 0 Å². The number of H-pyrrole nitrogens is 1. The van der Waals surface area contributed by atoms with Crippen molar-refractivity contribution < 1.29 is 0 Å². The Bertz CT molecular complexity index is 455. The molecule has 0 spiro atoms. The van der Waals surface area contributed by atoms with Crippen molar-refractivity contribution in [2.45, 2.75) is 18.9 Å². The molecule has 13 heavy (non-hydrogen) atoms. The van der Waals surface area contributed by atoms with Crippen molar-refractivity contribution in [1.29, 1.82) is 0 Å². The molecule has 1 fully saturated rings. The smallest absolute Gasteiger partial charge is 0.330 e. The first-order valence-electron chi connectivity index (χ1n) is 4.01. The van der Waals surface area contributed by atoms with E-state index in [0.717, 1.165) is 12.8 Å². The number of anilines is 2. The van der Waals surface area contributed by atoms with Crippen molar-refractivity contribution in [3.05, 3.63) is 20.8 Å². The summed E-state index contributed by atoms with van der Waals surface area (Å²) in [4.78, 5) is 24.4. The number of nitrogen functional groups attached to an aromatic ring is 2. The van der Waals surface area contributed by atoms with Gasteiger partial charge >= 0.3 is 5.69 Å². The molecule has 0 radical (unpaired) electrons. The molecule has 5 N–H and O–H groups in total. The Kier molecular flexibility index (Phi) is 1.45. The van der Waals surface area contributed by atoms with Crippen molar-refractivity contribution in [2.24, 2.45) is 0 Å². The van der Waals surface area contributed by atoms with E-state index in [1.807, 2.05) is 0 Å². The zero-order valence-corrected chi connectivity index (χ0v) is 6.91. The van der Waals surface area contributed by atoms with Gasteiger partial charge in [-0.25, -0.2) is 4.79 Å². The average molecular weight is 182 g/mol. The summed E-state index contributed by atoms with van der Waals surface area (Å²) in [6.45, 7) is 0. The van der Waals surface area contributed by atoms with E-state index in [-0.39, 0.29) is 17.5 Å². The van der Waals surface area contributed by atoms with Gasteiger partial charge in [-0.15, -0.1) is 0 Å². The number of nitrogens with one attached hydrogen (secondary N) is 1. The second-order valence-electron chi connectivity index (χ2n) is 3.16. The van der Waals surface area contributed by atoms with E-state index in [4.69, 9.17) is 11.5 Å². The third-order valence-electron chi connectivity index (χ3n) is 2.13. The third-order valence-corrected chi connectivity index (χ3v) is 2.13. The normalized spacial score (nSPS) is 16.0. The second kappa shape index (κ2) is 2.38. The highest BCUT2D eigenvalue weighted by Crippen LogP contribution is 2.35. The largest absolute Gasteiger partial charge is 0.391 e. The zero-order valence-electron chi connectivity index (χ0n) is 6.91. The molecule has 1 saturated carbocycles. The van der Waals surface area contributed by atoms with Gasteiger partial charge in [0, 0.05) is 6.04 Å². The summed E-state index contributed by atoms with van der Waals surface area (Å²) in [5, 5.41) is 0. The van der Waals surface area contributed by atoms with Gasteiger partial charge in [-0.3, -0.25) is 14.3 Å². The van der Waals surface area contributed by atoms with Gasteiger partial charge in [0.2, 0.25) is 0 Å². The molecule has 2 rings (SSSR count). The number of aromatic nitrogens is 2. The van der Waals surface area contributed by atoms with Crippen LogP contribution in [0.4, 0.5) is 11.5 Å². The molecule has 6 nitrogen and oxygen atoms in total. The van der Waals surface area contributed by atoms with Crippen molar-refractivity contribution in [2.75, 3.05) is 11.5 Å². The van der Waals surface area contributed by atoms with Gasteiger partial charge in [0.1, 0.15) is 11.5 Å². The fourth-order valence-electron chi connectivity index (χ4n) is 1.28. The molecule has 0 aliphatic heterocycles. The Morgan fingerprint density at radius 1 is 1.31 bits per heavy atom. The van der Waals surface area contributed by atoms with Gasteiger partial charge in [0.15, 0.2) is 0 Å². The van der Waals surface area contributed by atoms with E-state index in [1.54, 1.807) is 0 Å². The summed E-state index contributed by atoms with van der Waals surface area (Å²) < 4.78 is 1.34.